The lowest BCUT2D eigenvalue weighted by atomic mass is 10.0. The molecule has 2 aromatic rings. The third-order valence-electron chi connectivity index (χ3n) is 2.66. The maximum absolute atomic E-state index is 13.7. The quantitative estimate of drug-likeness (QED) is 0.460. The topological polar surface area (TPSA) is 20.2 Å². The van der Waals surface area contributed by atoms with Gasteiger partial charge in [0, 0.05) is 10.0 Å². The van der Waals surface area contributed by atoms with Crippen LogP contribution in [0.25, 0.3) is 0 Å². The average Bonchev–Trinajstić information content (AvgIpc) is 2.38. The Morgan fingerprint density at radius 3 is 2.05 bits per heavy atom. The zero-order valence-corrected chi connectivity index (χ0v) is 11.9. The van der Waals surface area contributed by atoms with E-state index in [0.717, 1.165) is 12.1 Å². The minimum absolute atomic E-state index is 0.114. The summed E-state index contributed by atoms with van der Waals surface area (Å²) in [6.07, 6.45) is -1.68. The second kappa shape index (κ2) is 5.71. The first-order chi connectivity index (χ1) is 9.31. The summed E-state index contributed by atoms with van der Waals surface area (Å²) in [7, 11) is 0. The number of halogens is 6. The van der Waals surface area contributed by atoms with Crippen molar-refractivity contribution in [1.82, 2.24) is 0 Å². The molecule has 7 heteroatoms. The second-order valence-electron chi connectivity index (χ2n) is 3.99. The maximum Gasteiger partial charge on any atom is 0.194 e. The zero-order chi connectivity index (χ0) is 15.0. The van der Waals surface area contributed by atoms with Crippen molar-refractivity contribution in [3.8, 4) is 0 Å². The van der Waals surface area contributed by atoms with E-state index in [2.05, 4.69) is 15.9 Å². The van der Waals surface area contributed by atoms with Gasteiger partial charge in [-0.15, -0.1) is 0 Å². The van der Waals surface area contributed by atoms with Gasteiger partial charge >= 0.3 is 0 Å². The van der Waals surface area contributed by atoms with Crippen LogP contribution in [-0.2, 0) is 0 Å². The molecule has 20 heavy (non-hydrogen) atoms. The number of hydrogen-bond acceptors (Lipinski definition) is 1. The Morgan fingerprint density at radius 1 is 0.950 bits per heavy atom. The van der Waals surface area contributed by atoms with Crippen molar-refractivity contribution < 1.29 is 22.7 Å². The molecule has 0 saturated heterocycles. The molecule has 0 bridgehead atoms. The molecule has 0 aliphatic rings. The lowest BCUT2D eigenvalue weighted by molar-refractivity contribution is 0.213. The van der Waals surface area contributed by atoms with E-state index < -0.39 is 29.4 Å². The molecule has 0 aliphatic carbocycles. The molecule has 0 radical (unpaired) electrons. The van der Waals surface area contributed by atoms with Crippen molar-refractivity contribution in [3.05, 3.63) is 68.2 Å². The van der Waals surface area contributed by atoms with E-state index in [-0.39, 0.29) is 20.6 Å². The van der Waals surface area contributed by atoms with Gasteiger partial charge in [-0.1, -0.05) is 11.6 Å². The van der Waals surface area contributed by atoms with Crippen LogP contribution in [-0.4, -0.2) is 5.11 Å². The van der Waals surface area contributed by atoms with Crippen LogP contribution in [0, 0.1) is 23.3 Å². The third kappa shape index (κ3) is 2.82. The van der Waals surface area contributed by atoms with Gasteiger partial charge in [-0.2, -0.15) is 0 Å². The standard InChI is InChI=1S/C13H6BrClF4O/c14-7-4-9(16)6(3-8(7)15)13(20)5-1-10(17)12(19)11(18)2-5/h1-4,13,20H. The molecule has 106 valence electrons. The van der Waals surface area contributed by atoms with Crippen molar-refractivity contribution in [2.75, 3.05) is 0 Å². The van der Waals surface area contributed by atoms with Crippen LogP contribution in [0.5, 0.6) is 0 Å². The van der Waals surface area contributed by atoms with Gasteiger partial charge in [0.25, 0.3) is 0 Å². The van der Waals surface area contributed by atoms with E-state index in [1.165, 1.54) is 0 Å². The van der Waals surface area contributed by atoms with Crippen LogP contribution < -0.4 is 0 Å². The lowest BCUT2D eigenvalue weighted by Gasteiger charge is -2.14. The van der Waals surface area contributed by atoms with Crippen LogP contribution in [0.15, 0.2) is 28.7 Å². The SMILES string of the molecule is OC(c1cc(F)c(F)c(F)c1)c1cc(Cl)c(Br)cc1F. The second-order valence-corrected chi connectivity index (χ2v) is 5.25. The summed E-state index contributed by atoms with van der Waals surface area (Å²) in [6.45, 7) is 0. The Morgan fingerprint density at radius 2 is 1.50 bits per heavy atom. The molecule has 0 saturated carbocycles. The van der Waals surface area contributed by atoms with E-state index in [4.69, 9.17) is 11.6 Å². The van der Waals surface area contributed by atoms with Gasteiger partial charge in [0.05, 0.1) is 5.02 Å². The smallest absolute Gasteiger partial charge is 0.194 e. The first-order valence-corrected chi connectivity index (χ1v) is 6.45. The van der Waals surface area contributed by atoms with Gasteiger partial charge < -0.3 is 5.11 Å². The van der Waals surface area contributed by atoms with E-state index in [1.54, 1.807) is 0 Å². The van der Waals surface area contributed by atoms with Crippen molar-refractivity contribution in [2.45, 2.75) is 6.10 Å². The number of aliphatic hydroxyl groups excluding tert-OH is 1. The average molecular weight is 370 g/mol. The minimum atomic E-state index is -1.68. The van der Waals surface area contributed by atoms with Crippen LogP contribution in [0.3, 0.4) is 0 Å². The molecular weight excluding hydrogens is 363 g/mol. The van der Waals surface area contributed by atoms with Gasteiger partial charge in [0.15, 0.2) is 17.5 Å². The molecule has 0 aromatic heterocycles. The predicted octanol–water partition coefficient (Wildman–Crippen LogP) is 4.74. The molecule has 0 spiro atoms. The fourth-order valence-electron chi connectivity index (χ4n) is 1.66. The normalized spacial score (nSPS) is 12.6. The highest BCUT2D eigenvalue weighted by Crippen LogP contribution is 2.32. The Bertz CT molecular complexity index is 655. The molecule has 0 aliphatic heterocycles. The fraction of sp³-hybridized carbons (Fsp3) is 0.0769. The van der Waals surface area contributed by atoms with Gasteiger partial charge in [-0.3, -0.25) is 0 Å². The third-order valence-corrected chi connectivity index (χ3v) is 3.85. The molecule has 2 aromatic carbocycles. The Labute approximate surface area is 124 Å². The summed E-state index contributed by atoms with van der Waals surface area (Å²) in [5, 5.41) is 10.1. The van der Waals surface area contributed by atoms with Crippen LogP contribution in [0.2, 0.25) is 5.02 Å². The summed E-state index contributed by atoms with van der Waals surface area (Å²) in [5.74, 6) is -5.42. The van der Waals surface area contributed by atoms with E-state index in [9.17, 15) is 22.7 Å². The Kier molecular flexibility index (Phi) is 4.36. The van der Waals surface area contributed by atoms with Crippen LogP contribution >= 0.6 is 27.5 Å². The molecule has 0 fully saturated rings. The van der Waals surface area contributed by atoms with Crippen LogP contribution in [0.1, 0.15) is 17.2 Å². The molecule has 2 rings (SSSR count). The van der Waals surface area contributed by atoms with Crippen molar-refractivity contribution in [2.24, 2.45) is 0 Å². The molecule has 1 atom stereocenters. The summed E-state index contributed by atoms with van der Waals surface area (Å²) in [4.78, 5) is 0. The zero-order valence-electron chi connectivity index (χ0n) is 9.60. The number of rotatable bonds is 2. The monoisotopic (exact) mass is 368 g/mol. The van der Waals surface area contributed by atoms with Gasteiger partial charge in [0.2, 0.25) is 0 Å². The highest BCUT2D eigenvalue weighted by Gasteiger charge is 2.20. The Hall–Kier alpha value is -1.11. The first-order valence-electron chi connectivity index (χ1n) is 5.28. The molecule has 0 amide bonds. The van der Waals surface area contributed by atoms with E-state index in [0.29, 0.717) is 12.1 Å². The summed E-state index contributed by atoms with van der Waals surface area (Å²) >= 11 is 8.77. The Balaban J connectivity index is 2.51. The number of benzene rings is 2. The maximum atomic E-state index is 13.7. The van der Waals surface area contributed by atoms with Gasteiger partial charge in [-0.05, 0) is 45.8 Å². The van der Waals surface area contributed by atoms with Crippen LogP contribution in [0.4, 0.5) is 17.6 Å². The van der Waals surface area contributed by atoms with E-state index in [1.807, 2.05) is 0 Å². The summed E-state index contributed by atoms with van der Waals surface area (Å²) < 4.78 is 53.1. The lowest BCUT2D eigenvalue weighted by Crippen LogP contribution is -2.05. The molecular formula is C13H6BrClF4O. The van der Waals surface area contributed by atoms with Crippen molar-refractivity contribution in [3.63, 3.8) is 0 Å². The highest BCUT2D eigenvalue weighted by molar-refractivity contribution is 9.10. The van der Waals surface area contributed by atoms with E-state index >= 15 is 0 Å². The predicted molar refractivity (Wildman–Crippen MR) is 69.5 cm³/mol. The molecule has 1 N–H and O–H groups in total. The summed E-state index contributed by atoms with van der Waals surface area (Å²) in [6, 6.07) is 3.32. The number of hydrogen-bond donors (Lipinski definition) is 1. The first kappa shape index (κ1) is 15.3. The van der Waals surface area contributed by atoms with Gasteiger partial charge in [0.1, 0.15) is 11.9 Å². The molecule has 0 heterocycles. The van der Waals surface area contributed by atoms with Crippen molar-refractivity contribution in [1.29, 1.82) is 0 Å². The molecule has 1 unspecified atom stereocenters. The molecule has 1 nitrogen and oxygen atoms in total. The number of aliphatic hydroxyl groups is 1. The summed E-state index contributed by atoms with van der Waals surface area (Å²) in [5.41, 5.74) is -0.595. The highest BCUT2D eigenvalue weighted by atomic mass is 79.9. The minimum Gasteiger partial charge on any atom is -0.384 e. The largest absolute Gasteiger partial charge is 0.384 e. The van der Waals surface area contributed by atoms with Gasteiger partial charge in [-0.25, -0.2) is 17.6 Å². The van der Waals surface area contributed by atoms with Crippen molar-refractivity contribution >= 4 is 27.5 Å². The fourth-order valence-corrected chi connectivity index (χ4v) is 2.15.